The summed E-state index contributed by atoms with van der Waals surface area (Å²) in [5.41, 5.74) is 1.91. The Labute approximate surface area is 170 Å². The molecule has 1 aromatic carbocycles. The van der Waals surface area contributed by atoms with Gasteiger partial charge in [0.05, 0.1) is 17.8 Å². The third-order valence-electron chi connectivity index (χ3n) is 6.45. The SMILES string of the molecule is C=C[C@H]1CN2CC[C@@H]1C[C@@H]2[C@H](OC(=O)c1ccco1)c1ccnc2ccccc12. The van der Waals surface area contributed by atoms with Crippen molar-refractivity contribution in [3.63, 3.8) is 0 Å². The van der Waals surface area contributed by atoms with Crippen LogP contribution < -0.4 is 0 Å². The summed E-state index contributed by atoms with van der Waals surface area (Å²) in [6, 6.07) is 13.5. The highest BCUT2D eigenvalue weighted by Crippen LogP contribution is 2.43. The monoisotopic (exact) mass is 388 g/mol. The van der Waals surface area contributed by atoms with Gasteiger partial charge < -0.3 is 9.15 Å². The Kier molecular flexibility index (Phi) is 4.68. The minimum atomic E-state index is -0.427. The third-order valence-corrected chi connectivity index (χ3v) is 6.45. The molecule has 0 amide bonds. The molecule has 1 unspecified atom stereocenters. The number of furan rings is 1. The fourth-order valence-corrected chi connectivity index (χ4v) is 4.98. The highest BCUT2D eigenvalue weighted by Gasteiger charge is 2.44. The van der Waals surface area contributed by atoms with Crippen LogP contribution in [0.15, 0.2) is 72.0 Å². The Bertz CT molecular complexity index is 1020. The number of aromatic nitrogens is 1. The zero-order valence-corrected chi connectivity index (χ0v) is 16.2. The molecule has 3 fully saturated rings. The van der Waals surface area contributed by atoms with Gasteiger partial charge in [0.25, 0.3) is 0 Å². The Morgan fingerprint density at radius 2 is 2.17 bits per heavy atom. The van der Waals surface area contributed by atoms with Crippen molar-refractivity contribution in [2.24, 2.45) is 11.8 Å². The van der Waals surface area contributed by atoms with E-state index in [0.29, 0.717) is 11.8 Å². The fraction of sp³-hybridized carbons (Fsp3) is 0.333. The summed E-state index contributed by atoms with van der Waals surface area (Å²) in [4.78, 5) is 19.8. The third kappa shape index (κ3) is 3.25. The van der Waals surface area contributed by atoms with Crippen molar-refractivity contribution in [3.8, 4) is 0 Å². The molecule has 2 aromatic heterocycles. The summed E-state index contributed by atoms with van der Waals surface area (Å²) in [6.45, 7) is 6.02. The maximum absolute atomic E-state index is 12.8. The topological polar surface area (TPSA) is 55.6 Å². The van der Waals surface area contributed by atoms with E-state index in [1.807, 2.05) is 30.3 Å². The summed E-state index contributed by atoms with van der Waals surface area (Å²) in [5, 5.41) is 1.02. The molecule has 29 heavy (non-hydrogen) atoms. The molecule has 0 aliphatic carbocycles. The van der Waals surface area contributed by atoms with Crippen molar-refractivity contribution in [1.82, 2.24) is 9.88 Å². The van der Waals surface area contributed by atoms with Crippen molar-refractivity contribution in [2.45, 2.75) is 25.0 Å². The van der Waals surface area contributed by atoms with Crippen molar-refractivity contribution in [2.75, 3.05) is 13.1 Å². The van der Waals surface area contributed by atoms with Crippen LogP contribution in [-0.2, 0) is 4.74 Å². The molecule has 0 N–H and O–H groups in total. The Morgan fingerprint density at radius 1 is 1.28 bits per heavy atom. The van der Waals surface area contributed by atoms with Crippen LogP contribution in [0, 0.1) is 11.8 Å². The fourth-order valence-electron chi connectivity index (χ4n) is 4.98. The molecule has 5 heteroatoms. The predicted octanol–water partition coefficient (Wildman–Crippen LogP) is 4.62. The van der Waals surface area contributed by atoms with Gasteiger partial charge in [-0.3, -0.25) is 9.88 Å². The molecule has 0 radical (unpaired) electrons. The second-order valence-electron chi connectivity index (χ2n) is 7.97. The number of nitrogens with zero attached hydrogens (tertiary/aromatic N) is 2. The lowest BCUT2D eigenvalue weighted by Crippen LogP contribution is -2.55. The Morgan fingerprint density at radius 3 is 2.93 bits per heavy atom. The Balaban J connectivity index is 1.55. The van der Waals surface area contributed by atoms with E-state index in [2.05, 4.69) is 22.5 Å². The van der Waals surface area contributed by atoms with E-state index in [1.165, 1.54) is 12.7 Å². The first kappa shape index (κ1) is 18.1. The molecule has 3 aromatic rings. The van der Waals surface area contributed by atoms with Gasteiger partial charge in [0.2, 0.25) is 5.76 Å². The van der Waals surface area contributed by atoms with Crippen LogP contribution >= 0.6 is 0 Å². The average molecular weight is 388 g/mol. The number of esters is 1. The largest absolute Gasteiger partial charge is 0.457 e. The van der Waals surface area contributed by atoms with E-state index in [0.717, 1.165) is 36.0 Å². The van der Waals surface area contributed by atoms with Gasteiger partial charge in [0, 0.05) is 23.7 Å². The van der Waals surface area contributed by atoms with Crippen LogP contribution in [0.2, 0.25) is 0 Å². The summed E-state index contributed by atoms with van der Waals surface area (Å²) in [6.07, 6.45) is 7.16. The van der Waals surface area contributed by atoms with Gasteiger partial charge in [-0.2, -0.15) is 0 Å². The van der Waals surface area contributed by atoms with Gasteiger partial charge in [-0.1, -0.05) is 24.3 Å². The number of hydrogen-bond donors (Lipinski definition) is 0. The highest BCUT2D eigenvalue weighted by molar-refractivity contribution is 5.87. The molecule has 2 bridgehead atoms. The molecule has 0 saturated carbocycles. The minimum Gasteiger partial charge on any atom is -0.457 e. The molecule has 3 aliphatic heterocycles. The van der Waals surface area contributed by atoms with Crippen LogP contribution in [0.5, 0.6) is 0 Å². The number of rotatable bonds is 5. The van der Waals surface area contributed by atoms with E-state index in [4.69, 9.17) is 9.15 Å². The minimum absolute atomic E-state index is 0.134. The van der Waals surface area contributed by atoms with E-state index in [-0.39, 0.29) is 17.9 Å². The van der Waals surface area contributed by atoms with Crippen LogP contribution in [0.1, 0.15) is 35.1 Å². The van der Waals surface area contributed by atoms with Crippen molar-refractivity contribution in [3.05, 3.63) is 78.9 Å². The summed E-state index contributed by atoms with van der Waals surface area (Å²) >= 11 is 0. The van der Waals surface area contributed by atoms with E-state index >= 15 is 0 Å². The summed E-state index contributed by atoms with van der Waals surface area (Å²) in [5.74, 6) is 0.896. The van der Waals surface area contributed by atoms with Gasteiger partial charge in [-0.05, 0) is 55.5 Å². The number of piperidine rings is 3. The molecule has 148 valence electrons. The van der Waals surface area contributed by atoms with Crippen LogP contribution in [0.25, 0.3) is 10.9 Å². The van der Waals surface area contributed by atoms with Gasteiger partial charge in [-0.15, -0.1) is 6.58 Å². The van der Waals surface area contributed by atoms with Crippen LogP contribution in [0.4, 0.5) is 0 Å². The normalized spacial score (nSPS) is 26.9. The number of para-hydroxylation sites is 1. The lowest BCUT2D eigenvalue weighted by molar-refractivity contribution is -0.0578. The first-order valence-electron chi connectivity index (χ1n) is 10.2. The van der Waals surface area contributed by atoms with Crippen molar-refractivity contribution < 1.29 is 13.9 Å². The lowest BCUT2D eigenvalue weighted by Gasteiger charge is -2.51. The van der Waals surface area contributed by atoms with E-state index < -0.39 is 5.97 Å². The van der Waals surface area contributed by atoms with Crippen LogP contribution in [-0.4, -0.2) is 35.0 Å². The van der Waals surface area contributed by atoms with Gasteiger partial charge in [0.15, 0.2) is 0 Å². The molecular weight excluding hydrogens is 364 g/mol. The standard InChI is InChI=1S/C24H24N2O3/c1-2-16-15-26-12-10-17(16)14-21(26)23(29-24(27)22-8-5-13-28-22)19-9-11-25-20-7-4-3-6-18(19)20/h2-9,11,13,16-17,21,23H,1,10,12,14-15H2/t16-,17+,21+,23+/m0/s1. The molecule has 0 spiro atoms. The zero-order valence-electron chi connectivity index (χ0n) is 16.2. The molecule has 3 saturated heterocycles. The average Bonchev–Trinajstić information content (AvgIpc) is 3.32. The summed E-state index contributed by atoms with van der Waals surface area (Å²) < 4.78 is 11.4. The number of carbonyl (C=O) groups excluding carboxylic acids is 1. The molecule has 3 aliphatic rings. The molecule has 6 rings (SSSR count). The van der Waals surface area contributed by atoms with Crippen molar-refractivity contribution in [1.29, 1.82) is 0 Å². The molecular formula is C24H24N2O3. The second kappa shape index (κ2) is 7.48. The molecule has 5 atom stereocenters. The number of hydrogen-bond acceptors (Lipinski definition) is 5. The predicted molar refractivity (Wildman–Crippen MR) is 110 cm³/mol. The zero-order chi connectivity index (χ0) is 19.8. The first-order valence-corrected chi connectivity index (χ1v) is 10.2. The quantitative estimate of drug-likeness (QED) is 0.471. The van der Waals surface area contributed by atoms with Crippen LogP contribution in [0.3, 0.4) is 0 Å². The number of ether oxygens (including phenoxy) is 1. The smallest absolute Gasteiger partial charge is 0.374 e. The molecule has 5 heterocycles. The second-order valence-corrected chi connectivity index (χ2v) is 7.97. The van der Waals surface area contributed by atoms with Gasteiger partial charge >= 0.3 is 5.97 Å². The number of pyridine rings is 1. The maximum Gasteiger partial charge on any atom is 0.374 e. The lowest BCUT2D eigenvalue weighted by atomic mass is 9.73. The number of fused-ring (bicyclic) bond motifs is 4. The van der Waals surface area contributed by atoms with Gasteiger partial charge in [-0.25, -0.2) is 4.79 Å². The Hall–Kier alpha value is -2.92. The van der Waals surface area contributed by atoms with E-state index in [9.17, 15) is 4.79 Å². The first-order chi connectivity index (χ1) is 14.2. The number of benzene rings is 1. The highest BCUT2D eigenvalue weighted by atomic mass is 16.6. The maximum atomic E-state index is 12.8. The number of carbonyl (C=O) groups is 1. The van der Waals surface area contributed by atoms with Crippen molar-refractivity contribution >= 4 is 16.9 Å². The van der Waals surface area contributed by atoms with Gasteiger partial charge in [0.1, 0.15) is 6.10 Å². The molecule has 5 nitrogen and oxygen atoms in total. The van der Waals surface area contributed by atoms with E-state index in [1.54, 1.807) is 18.3 Å². The summed E-state index contributed by atoms with van der Waals surface area (Å²) in [7, 11) is 0.